The molecule has 1 nitrogen and oxygen atoms in total. The first-order chi connectivity index (χ1) is 15.2. The summed E-state index contributed by atoms with van der Waals surface area (Å²) in [5.74, 6) is 6.53. The molecule has 4 aliphatic rings. The first-order valence-corrected chi connectivity index (χ1v) is 14.6. The molecule has 0 saturated heterocycles. The van der Waals surface area contributed by atoms with Gasteiger partial charge in [0.1, 0.15) is 0 Å². The quantitative estimate of drug-likeness (QED) is 0.400. The van der Waals surface area contributed by atoms with Crippen LogP contribution in [-0.4, -0.2) is 11.2 Å². The Kier molecular flexibility index (Phi) is 7.78. The molecule has 4 unspecified atom stereocenters. The minimum Gasteiger partial charge on any atom is -0.393 e. The molecule has 1 N–H and O–H groups in total. The molecular weight excluding hydrogens is 412 g/mol. The van der Waals surface area contributed by atoms with Crippen LogP contribution in [0, 0.1) is 58.2 Å². The van der Waals surface area contributed by atoms with Crippen molar-refractivity contribution in [2.75, 3.05) is 0 Å². The average Bonchev–Trinajstić information content (AvgIpc) is 3.10. The van der Waals surface area contributed by atoms with E-state index in [1.807, 2.05) is 0 Å². The van der Waals surface area contributed by atoms with Gasteiger partial charge in [-0.1, -0.05) is 71.6 Å². The van der Waals surface area contributed by atoms with Crippen molar-refractivity contribution in [3.63, 3.8) is 0 Å². The smallest absolute Gasteiger partial charge is 0.0574 e. The summed E-state index contributed by atoms with van der Waals surface area (Å²) in [5.41, 5.74) is 2.67. The Balaban J connectivity index is 1.48. The highest BCUT2D eigenvalue weighted by molar-refractivity contribution is 6.25. The lowest BCUT2D eigenvalue weighted by molar-refractivity contribution is -0.152. The van der Waals surface area contributed by atoms with E-state index in [0.29, 0.717) is 22.7 Å². The zero-order valence-corrected chi connectivity index (χ0v) is 22.4. The van der Waals surface area contributed by atoms with E-state index >= 15 is 0 Å². The highest BCUT2D eigenvalue weighted by Crippen LogP contribution is 2.69. The van der Waals surface area contributed by atoms with Gasteiger partial charge in [0.25, 0.3) is 0 Å². The van der Waals surface area contributed by atoms with Crippen molar-refractivity contribution in [3.8, 4) is 0 Å². The maximum Gasteiger partial charge on any atom is 0.0574 e. The summed E-state index contributed by atoms with van der Waals surface area (Å²) in [4.78, 5) is 0. The minimum absolute atomic E-state index is 0.131. The number of aliphatic hydroxyl groups excluding tert-OH is 1. The Morgan fingerprint density at radius 1 is 0.875 bits per heavy atom. The summed E-state index contributed by atoms with van der Waals surface area (Å²) in [6.45, 7) is 12.7. The fraction of sp³-hybridized carbons (Fsp3) is 0.933. The molecule has 0 bridgehead atoms. The summed E-state index contributed by atoms with van der Waals surface area (Å²) < 4.78 is 0. The van der Waals surface area contributed by atoms with Gasteiger partial charge in [-0.25, -0.2) is 0 Å². The molecule has 10 atom stereocenters. The number of rotatable bonds is 7. The molecule has 0 spiro atoms. The minimum atomic E-state index is -0.131. The van der Waals surface area contributed by atoms with Crippen LogP contribution in [0.3, 0.4) is 0 Å². The zero-order chi connectivity index (χ0) is 23.1. The Morgan fingerprint density at radius 2 is 1.56 bits per heavy atom. The largest absolute Gasteiger partial charge is 0.393 e. The lowest BCUT2D eigenvalue weighted by Gasteiger charge is -2.62. The number of halogens is 1. The van der Waals surface area contributed by atoms with Gasteiger partial charge in [-0.3, -0.25) is 0 Å². The number of hydrogen-bond acceptors (Lipinski definition) is 1. The Hall–Kier alpha value is -0.0100. The van der Waals surface area contributed by atoms with Crippen LogP contribution in [0.5, 0.6) is 0 Å². The van der Waals surface area contributed by atoms with Crippen molar-refractivity contribution in [1.29, 1.82) is 0 Å². The molecule has 4 aliphatic carbocycles. The number of fused-ring (bicyclic) bond motifs is 5. The lowest BCUT2D eigenvalue weighted by Crippen LogP contribution is -2.56. The van der Waals surface area contributed by atoms with E-state index in [1.54, 1.807) is 5.54 Å². The summed E-state index contributed by atoms with van der Waals surface area (Å²) in [6, 6.07) is 0. The second kappa shape index (κ2) is 9.93. The van der Waals surface area contributed by atoms with Crippen molar-refractivity contribution in [1.82, 2.24) is 0 Å². The van der Waals surface area contributed by atoms with Crippen molar-refractivity contribution < 1.29 is 5.11 Å². The fourth-order valence-electron chi connectivity index (χ4n) is 10.1. The molecule has 2 heteroatoms. The Labute approximate surface area is 204 Å². The molecule has 0 heterocycles. The predicted octanol–water partition coefficient (Wildman–Crippen LogP) is 8.84. The van der Waals surface area contributed by atoms with E-state index in [4.69, 9.17) is 11.6 Å². The highest BCUT2D eigenvalue weighted by atomic mass is 35.5. The lowest BCUT2D eigenvalue weighted by atomic mass is 9.43. The summed E-state index contributed by atoms with van der Waals surface area (Å²) >= 11 is 5.89. The van der Waals surface area contributed by atoms with Crippen LogP contribution in [-0.2, 0) is 0 Å². The van der Waals surface area contributed by atoms with Gasteiger partial charge in [-0.2, -0.15) is 0 Å². The van der Waals surface area contributed by atoms with E-state index in [0.717, 1.165) is 48.3 Å². The van der Waals surface area contributed by atoms with Crippen molar-refractivity contribution in [2.24, 2.45) is 58.2 Å². The first-order valence-electron chi connectivity index (χ1n) is 14.2. The van der Waals surface area contributed by atoms with E-state index in [2.05, 4.69) is 40.7 Å². The molecular formula is C30H51ClO. The van der Waals surface area contributed by atoms with E-state index in [-0.39, 0.29) is 6.10 Å². The Morgan fingerprint density at radius 3 is 2.28 bits per heavy atom. The SMILES string of the molecule is CC(C)CCC[C@@H](C)[C@H]1CCC2C3CCC4[C@H](C/C=C\Cl)[C@H](O)CC[C@]4(C)C3CC[C@@]21C. The van der Waals surface area contributed by atoms with Crippen LogP contribution in [0.25, 0.3) is 0 Å². The molecule has 0 radical (unpaired) electrons. The van der Waals surface area contributed by atoms with Gasteiger partial charge in [0.2, 0.25) is 0 Å². The van der Waals surface area contributed by atoms with E-state index < -0.39 is 0 Å². The summed E-state index contributed by atoms with van der Waals surface area (Å²) in [5, 5.41) is 10.9. The van der Waals surface area contributed by atoms with Crippen LogP contribution in [0.1, 0.15) is 112 Å². The van der Waals surface area contributed by atoms with Gasteiger partial charge >= 0.3 is 0 Å². The van der Waals surface area contributed by atoms with Gasteiger partial charge in [-0.05, 0) is 116 Å². The molecule has 0 aliphatic heterocycles. The topological polar surface area (TPSA) is 20.2 Å². The van der Waals surface area contributed by atoms with E-state index in [9.17, 15) is 5.11 Å². The second-order valence-electron chi connectivity index (χ2n) is 13.5. The van der Waals surface area contributed by atoms with Crippen molar-refractivity contribution >= 4 is 11.6 Å². The third kappa shape index (κ3) is 4.36. The van der Waals surface area contributed by atoms with E-state index in [1.165, 1.54) is 64.2 Å². The third-order valence-corrected chi connectivity index (χ3v) is 11.8. The highest BCUT2D eigenvalue weighted by Gasteiger charge is 2.61. The van der Waals surface area contributed by atoms with Crippen molar-refractivity contribution in [2.45, 2.75) is 118 Å². The molecule has 0 aromatic heterocycles. The molecule has 32 heavy (non-hydrogen) atoms. The number of allylic oxidation sites excluding steroid dienone is 1. The van der Waals surface area contributed by atoms with Gasteiger partial charge in [0.05, 0.1) is 6.10 Å². The summed E-state index contributed by atoms with van der Waals surface area (Å²) in [7, 11) is 0. The molecule has 0 aromatic rings. The predicted molar refractivity (Wildman–Crippen MR) is 138 cm³/mol. The first kappa shape index (κ1) is 25.1. The zero-order valence-electron chi connectivity index (χ0n) is 21.7. The van der Waals surface area contributed by atoms with Crippen LogP contribution in [0.2, 0.25) is 0 Å². The number of hydrogen-bond donors (Lipinski definition) is 1. The second-order valence-corrected chi connectivity index (χ2v) is 13.7. The fourth-order valence-corrected chi connectivity index (χ4v) is 10.2. The average molecular weight is 463 g/mol. The number of aliphatic hydroxyl groups is 1. The Bertz CT molecular complexity index is 657. The van der Waals surface area contributed by atoms with Crippen LogP contribution in [0.15, 0.2) is 11.6 Å². The third-order valence-electron chi connectivity index (χ3n) is 11.6. The molecule has 4 fully saturated rings. The molecule has 184 valence electrons. The maximum absolute atomic E-state index is 10.9. The normalized spacial score (nSPS) is 47.3. The van der Waals surface area contributed by atoms with Crippen LogP contribution >= 0.6 is 11.6 Å². The molecule has 4 saturated carbocycles. The molecule has 0 aromatic carbocycles. The summed E-state index contributed by atoms with van der Waals surface area (Å²) in [6.07, 6.45) is 18.0. The monoisotopic (exact) mass is 462 g/mol. The van der Waals surface area contributed by atoms with Crippen molar-refractivity contribution in [3.05, 3.63) is 11.6 Å². The standard InChI is InChI=1S/C30H51ClO/c1-20(2)8-6-9-21(3)24-13-14-25-22-11-12-26-23(10-7-19-31)28(32)16-18-30(26,5)27(22)15-17-29(24,25)4/h7,19-28,32H,6,8-18H2,1-5H3/b19-7-/t21-,22?,23+,24-,25?,26?,27?,28-,29-,30+/m1/s1. The van der Waals surface area contributed by atoms with Gasteiger partial charge in [0, 0.05) is 5.54 Å². The maximum atomic E-state index is 10.9. The van der Waals surface area contributed by atoms with Crippen LogP contribution in [0.4, 0.5) is 0 Å². The molecule has 0 amide bonds. The van der Waals surface area contributed by atoms with Crippen LogP contribution < -0.4 is 0 Å². The van der Waals surface area contributed by atoms with Gasteiger partial charge in [-0.15, -0.1) is 0 Å². The molecule has 4 rings (SSSR count). The van der Waals surface area contributed by atoms with Gasteiger partial charge in [0.15, 0.2) is 0 Å². The van der Waals surface area contributed by atoms with Gasteiger partial charge < -0.3 is 5.11 Å².